The third-order valence-electron chi connectivity index (χ3n) is 3.70. The zero-order valence-corrected chi connectivity index (χ0v) is 10.9. The average Bonchev–Trinajstić information content (AvgIpc) is 2.71. The highest BCUT2D eigenvalue weighted by Crippen LogP contribution is 2.31. The van der Waals surface area contributed by atoms with Gasteiger partial charge < -0.3 is 16.3 Å². The van der Waals surface area contributed by atoms with Gasteiger partial charge in [-0.3, -0.25) is 4.79 Å². The lowest BCUT2D eigenvalue weighted by molar-refractivity contribution is -0.126. The van der Waals surface area contributed by atoms with Crippen LogP contribution in [0.15, 0.2) is 5.16 Å². The van der Waals surface area contributed by atoms with Crippen molar-refractivity contribution in [1.29, 1.82) is 0 Å². The van der Waals surface area contributed by atoms with E-state index in [0.29, 0.717) is 12.5 Å². The van der Waals surface area contributed by atoms with Crippen molar-refractivity contribution < 1.29 is 10.0 Å². The number of carbonyl (C=O) groups is 1. The maximum absolute atomic E-state index is 12.0. The fraction of sp³-hybridized carbons (Fsp3) is 0.833. The van der Waals surface area contributed by atoms with Crippen molar-refractivity contribution >= 4 is 11.7 Å². The minimum atomic E-state index is -0.522. The lowest BCUT2D eigenvalue weighted by atomic mass is 9.91. The average molecular weight is 241 g/mol. The first-order chi connectivity index (χ1) is 7.88. The topological polar surface area (TPSA) is 87.7 Å². The van der Waals surface area contributed by atoms with Crippen molar-refractivity contribution in [2.45, 2.75) is 40.0 Å². The molecule has 0 saturated heterocycles. The van der Waals surface area contributed by atoms with Gasteiger partial charge in [0.1, 0.15) is 5.84 Å². The summed E-state index contributed by atoms with van der Waals surface area (Å²) in [5.74, 6) is 0.811. The maximum atomic E-state index is 12.0. The highest BCUT2D eigenvalue weighted by Gasteiger charge is 2.31. The minimum absolute atomic E-state index is 0.0915. The summed E-state index contributed by atoms with van der Waals surface area (Å²) in [7, 11) is 0. The third kappa shape index (κ3) is 3.35. The summed E-state index contributed by atoms with van der Waals surface area (Å²) in [6, 6.07) is 0. The Labute approximate surface area is 102 Å². The molecule has 0 aromatic rings. The molecule has 0 bridgehead atoms. The number of hydrogen-bond acceptors (Lipinski definition) is 3. The second-order valence-corrected chi connectivity index (χ2v) is 5.60. The Hall–Kier alpha value is -1.26. The highest BCUT2D eigenvalue weighted by atomic mass is 16.4. The second-order valence-electron chi connectivity index (χ2n) is 5.60. The molecule has 17 heavy (non-hydrogen) atoms. The molecular formula is C12H23N3O2. The molecule has 0 aliphatic heterocycles. The van der Waals surface area contributed by atoms with Gasteiger partial charge in [-0.1, -0.05) is 32.3 Å². The summed E-state index contributed by atoms with van der Waals surface area (Å²) in [5.41, 5.74) is 5.04. The predicted octanol–water partition coefficient (Wildman–Crippen LogP) is 1.31. The van der Waals surface area contributed by atoms with Crippen molar-refractivity contribution in [3.63, 3.8) is 0 Å². The summed E-state index contributed by atoms with van der Waals surface area (Å²) in [5, 5.41) is 14.5. The fourth-order valence-corrected chi connectivity index (χ4v) is 2.20. The van der Waals surface area contributed by atoms with Gasteiger partial charge in [0.25, 0.3) is 0 Å². The zero-order valence-electron chi connectivity index (χ0n) is 10.9. The largest absolute Gasteiger partial charge is 0.409 e. The van der Waals surface area contributed by atoms with Gasteiger partial charge in [0.15, 0.2) is 0 Å². The van der Waals surface area contributed by atoms with E-state index in [1.165, 1.54) is 0 Å². The molecule has 0 spiro atoms. The standard InChI is InChI=1S/C12H23N3O2/c1-8-5-4-6-9(8)10(16)14-7-12(2,3)11(13)15-17/h8-9,17H,4-7H2,1-3H3,(H2,13,15)(H,14,16). The Morgan fingerprint density at radius 2 is 2.18 bits per heavy atom. The van der Waals surface area contributed by atoms with Gasteiger partial charge >= 0.3 is 0 Å². The number of nitrogens with one attached hydrogen (secondary N) is 1. The van der Waals surface area contributed by atoms with E-state index in [1.54, 1.807) is 0 Å². The van der Waals surface area contributed by atoms with Crippen molar-refractivity contribution in [3.8, 4) is 0 Å². The van der Waals surface area contributed by atoms with Crippen molar-refractivity contribution in [1.82, 2.24) is 5.32 Å². The lowest BCUT2D eigenvalue weighted by Gasteiger charge is -2.24. The molecule has 5 nitrogen and oxygen atoms in total. The quantitative estimate of drug-likeness (QED) is 0.300. The Bertz CT molecular complexity index is 313. The first-order valence-corrected chi connectivity index (χ1v) is 6.14. The van der Waals surface area contributed by atoms with E-state index in [-0.39, 0.29) is 17.7 Å². The molecule has 1 saturated carbocycles. The number of amides is 1. The van der Waals surface area contributed by atoms with Gasteiger partial charge in [-0.25, -0.2) is 0 Å². The molecule has 0 aromatic carbocycles. The predicted molar refractivity (Wildman–Crippen MR) is 66.7 cm³/mol. The molecule has 2 unspecified atom stereocenters. The van der Waals surface area contributed by atoms with E-state index in [2.05, 4.69) is 17.4 Å². The number of carbonyl (C=O) groups excluding carboxylic acids is 1. The Kier molecular flexibility index (Phi) is 4.37. The van der Waals surface area contributed by atoms with E-state index in [0.717, 1.165) is 19.3 Å². The van der Waals surface area contributed by atoms with E-state index in [4.69, 9.17) is 10.9 Å². The molecule has 4 N–H and O–H groups in total. The molecule has 1 aliphatic carbocycles. The van der Waals surface area contributed by atoms with Crippen LogP contribution in [0.2, 0.25) is 0 Å². The zero-order chi connectivity index (χ0) is 13.1. The van der Waals surface area contributed by atoms with Crippen LogP contribution in [0, 0.1) is 17.3 Å². The van der Waals surface area contributed by atoms with Crippen molar-refractivity contribution in [2.75, 3.05) is 6.54 Å². The van der Waals surface area contributed by atoms with Crippen LogP contribution in [0.5, 0.6) is 0 Å². The van der Waals surface area contributed by atoms with Gasteiger partial charge in [0, 0.05) is 17.9 Å². The third-order valence-corrected chi connectivity index (χ3v) is 3.70. The molecule has 1 aliphatic rings. The summed E-state index contributed by atoms with van der Waals surface area (Å²) in [6.45, 7) is 6.18. The lowest BCUT2D eigenvalue weighted by Crippen LogP contribution is -2.44. The fourth-order valence-electron chi connectivity index (χ4n) is 2.20. The van der Waals surface area contributed by atoms with Gasteiger partial charge in [-0.05, 0) is 18.8 Å². The Morgan fingerprint density at radius 3 is 2.65 bits per heavy atom. The van der Waals surface area contributed by atoms with Gasteiger partial charge in [-0.15, -0.1) is 0 Å². The van der Waals surface area contributed by atoms with Crippen molar-refractivity contribution in [3.05, 3.63) is 0 Å². The number of nitrogens with two attached hydrogens (primary N) is 1. The molecule has 1 fully saturated rings. The van der Waals surface area contributed by atoms with Crippen LogP contribution in [0.3, 0.4) is 0 Å². The van der Waals surface area contributed by atoms with Gasteiger partial charge in [-0.2, -0.15) is 0 Å². The van der Waals surface area contributed by atoms with E-state index < -0.39 is 5.41 Å². The van der Waals surface area contributed by atoms with Crippen LogP contribution in [-0.4, -0.2) is 23.5 Å². The maximum Gasteiger partial charge on any atom is 0.223 e. The smallest absolute Gasteiger partial charge is 0.223 e. The normalized spacial score (nSPS) is 25.9. The first kappa shape index (κ1) is 13.8. The molecule has 1 rings (SSSR count). The van der Waals surface area contributed by atoms with Crippen LogP contribution in [0.25, 0.3) is 0 Å². The van der Waals surface area contributed by atoms with E-state index in [1.807, 2.05) is 13.8 Å². The molecule has 1 amide bonds. The summed E-state index contributed by atoms with van der Waals surface area (Å²) in [6.07, 6.45) is 3.22. The number of rotatable bonds is 4. The second kappa shape index (κ2) is 5.38. The van der Waals surface area contributed by atoms with Crippen LogP contribution < -0.4 is 11.1 Å². The van der Waals surface area contributed by atoms with Gasteiger partial charge in [0.05, 0.1) is 0 Å². The molecule has 0 heterocycles. The van der Waals surface area contributed by atoms with Crippen LogP contribution in [0.1, 0.15) is 40.0 Å². The Morgan fingerprint density at radius 1 is 1.53 bits per heavy atom. The SMILES string of the molecule is CC1CCCC1C(=O)NCC(C)(C)C(N)=NO. The molecule has 0 aromatic heterocycles. The molecule has 98 valence electrons. The Balaban J connectivity index is 2.48. The van der Waals surface area contributed by atoms with Crippen LogP contribution in [0.4, 0.5) is 0 Å². The van der Waals surface area contributed by atoms with Crippen LogP contribution >= 0.6 is 0 Å². The number of oxime groups is 1. The molecule has 0 radical (unpaired) electrons. The number of hydrogen-bond donors (Lipinski definition) is 3. The monoisotopic (exact) mass is 241 g/mol. The van der Waals surface area contributed by atoms with Crippen LogP contribution in [-0.2, 0) is 4.79 Å². The highest BCUT2D eigenvalue weighted by molar-refractivity contribution is 5.86. The number of amidine groups is 1. The number of nitrogens with zero attached hydrogens (tertiary/aromatic N) is 1. The summed E-state index contributed by atoms with van der Waals surface area (Å²) < 4.78 is 0. The first-order valence-electron chi connectivity index (χ1n) is 6.14. The summed E-state index contributed by atoms with van der Waals surface area (Å²) >= 11 is 0. The van der Waals surface area contributed by atoms with Crippen molar-refractivity contribution in [2.24, 2.45) is 28.1 Å². The molecular weight excluding hydrogens is 218 g/mol. The molecule has 5 heteroatoms. The summed E-state index contributed by atoms with van der Waals surface area (Å²) in [4.78, 5) is 12.0. The van der Waals surface area contributed by atoms with E-state index >= 15 is 0 Å². The molecule has 2 atom stereocenters. The van der Waals surface area contributed by atoms with Gasteiger partial charge in [0.2, 0.25) is 5.91 Å². The minimum Gasteiger partial charge on any atom is -0.409 e. The van der Waals surface area contributed by atoms with E-state index in [9.17, 15) is 4.79 Å².